The average Bonchev–Trinajstić information content (AvgIpc) is 3.08. The van der Waals surface area contributed by atoms with E-state index in [2.05, 4.69) is 86.0 Å². The summed E-state index contributed by atoms with van der Waals surface area (Å²) in [7, 11) is 0. The van der Waals surface area contributed by atoms with Crippen molar-refractivity contribution in [1.82, 2.24) is 5.32 Å². The van der Waals surface area contributed by atoms with Crippen molar-refractivity contribution < 1.29 is 24.2 Å². The Balaban J connectivity index is 4.50. The van der Waals surface area contributed by atoms with E-state index in [-0.39, 0.29) is 18.0 Å². The van der Waals surface area contributed by atoms with Gasteiger partial charge in [-0.1, -0.05) is 113 Å². The number of hydrogen-bond donors (Lipinski definition) is 3. The van der Waals surface area contributed by atoms with Gasteiger partial charge in [0.05, 0.1) is 0 Å². The first kappa shape index (κ1) is 45.8. The number of carbonyl (C=O) groups is 3. The van der Waals surface area contributed by atoms with Crippen LogP contribution in [-0.2, 0) is 19.1 Å². The number of esters is 1. The standard InChI is InChI=1S/C42H70N2O5/c1-3-5-7-9-11-13-14-15-16-17-18-20-22-24-30-36-41(46)49-38(32-27-23-21-19-12-10-8-6-4-2)33-28-25-26-29-35-40(45)44-39(42(47)48)34-31-37-43/h5,7,11,13,15-16,18-21,27,32,38-39H,3-4,6,8-10,12,14,17,22-26,28-31,33-37,43H2,1-2H3,(H,44,45)(H,47,48)/b7-5-,13-11-,16-15-,20-18-,21-19-,32-27-. The highest BCUT2D eigenvalue weighted by atomic mass is 16.5. The van der Waals surface area contributed by atoms with Gasteiger partial charge in [0, 0.05) is 12.8 Å². The molecule has 0 rings (SSSR count). The van der Waals surface area contributed by atoms with Gasteiger partial charge in [-0.25, -0.2) is 4.79 Å². The summed E-state index contributed by atoms with van der Waals surface area (Å²) < 4.78 is 5.87. The molecule has 0 aliphatic rings. The van der Waals surface area contributed by atoms with Crippen molar-refractivity contribution >= 4 is 17.8 Å². The van der Waals surface area contributed by atoms with Crippen LogP contribution in [0.1, 0.15) is 155 Å². The van der Waals surface area contributed by atoms with E-state index >= 15 is 0 Å². The Bertz CT molecular complexity index is 995. The molecule has 0 aromatic rings. The third kappa shape index (κ3) is 33.1. The summed E-state index contributed by atoms with van der Waals surface area (Å²) in [6.07, 6.45) is 45.2. The normalized spacial score (nSPS) is 13.5. The smallest absolute Gasteiger partial charge is 0.326 e. The molecular weight excluding hydrogens is 612 g/mol. The lowest BCUT2D eigenvalue weighted by molar-refractivity contribution is -0.147. The number of rotatable bonds is 33. The van der Waals surface area contributed by atoms with Gasteiger partial charge in [0.1, 0.15) is 12.1 Å². The Morgan fingerprint density at radius 2 is 1.18 bits per heavy atom. The van der Waals surface area contributed by atoms with Crippen molar-refractivity contribution in [2.75, 3.05) is 6.54 Å². The second-order valence-electron chi connectivity index (χ2n) is 12.6. The predicted molar refractivity (Wildman–Crippen MR) is 206 cm³/mol. The highest BCUT2D eigenvalue weighted by molar-refractivity contribution is 5.83. The lowest BCUT2D eigenvalue weighted by Gasteiger charge is -2.15. The minimum Gasteiger partial charge on any atom is -0.480 e. The molecule has 4 N–H and O–H groups in total. The predicted octanol–water partition coefficient (Wildman–Crippen LogP) is 10.4. The van der Waals surface area contributed by atoms with E-state index in [0.29, 0.717) is 38.6 Å². The lowest BCUT2D eigenvalue weighted by atomic mass is 10.1. The van der Waals surface area contributed by atoms with Crippen molar-refractivity contribution in [3.8, 4) is 0 Å². The molecule has 7 nitrogen and oxygen atoms in total. The summed E-state index contributed by atoms with van der Waals surface area (Å²) in [4.78, 5) is 36.2. The minimum atomic E-state index is -1.02. The maximum absolute atomic E-state index is 12.7. The summed E-state index contributed by atoms with van der Waals surface area (Å²) in [6, 6.07) is -0.881. The molecule has 2 atom stereocenters. The maximum Gasteiger partial charge on any atom is 0.326 e. The second-order valence-corrected chi connectivity index (χ2v) is 12.6. The van der Waals surface area contributed by atoms with Crippen LogP contribution in [-0.4, -0.2) is 41.6 Å². The van der Waals surface area contributed by atoms with Gasteiger partial charge in [0.2, 0.25) is 5.91 Å². The zero-order chi connectivity index (χ0) is 36.0. The largest absolute Gasteiger partial charge is 0.480 e. The number of carboxylic acid groups (broad SMARTS) is 1. The SMILES string of the molecule is CC/C=C\C/C=C\C/C=C\C/C=C\CCCCC(=O)OC(/C=C\C/C=C\CCCCCC)CCCCCCC(=O)NC(CCCN)C(=O)O. The molecule has 0 aromatic heterocycles. The van der Waals surface area contributed by atoms with Crippen molar-refractivity contribution in [2.24, 2.45) is 5.73 Å². The number of ether oxygens (including phenoxy) is 1. The van der Waals surface area contributed by atoms with E-state index in [1.165, 1.54) is 25.7 Å². The summed E-state index contributed by atoms with van der Waals surface area (Å²) in [5, 5.41) is 11.9. The van der Waals surface area contributed by atoms with E-state index < -0.39 is 12.0 Å². The van der Waals surface area contributed by atoms with Gasteiger partial charge < -0.3 is 20.9 Å². The molecule has 2 unspecified atom stereocenters. The summed E-state index contributed by atoms with van der Waals surface area (Å²) in [6.45, 7) is 4.76. The highest BCUT2D eigenvalue weighted by Gasteiger charge is 2.18. The van der Waals surface area contributed by atoms with Crippen LogP contribution >= 0.6 is 0 Å². The van der Waals surface area contributed by atoms with Crippen LogP contribution in [0.5, 0.6) is 0 Å². The van der Waals surface area contributed by atoms with Gasteiger partial charge in [0.25, 0.3) is 0 Å². The summed E-state index contributed by atoms with van der Waals surface area (Å²) in [5.74, 6) is -1.41. The molecule has 0 aromatic carbocycles. The zero-order valence-electron chi connectivity index (χ0n) is 31.0. The molecule has 1 amide bonds. The van der Waals surface area contributed by atoms with Crippen LogP contribution < -0.4 is 11.1 Å². The lowest BCUT2D eigenvalue weighted by Crippen LogP contribution is -2.40. The molecule has 0 fully saturated rings. The molecule has 7 heteroatoms. The van der Waals surface area contributed by atoms with Crippen molar-refractivity contribution in [3.63, 3.8) is 0 Å². The summed E-state index contributed by atoms with van der Waals surface area (Å²) >= 11 is 0. The number of carboxylic acids is 1. The molecule has 0 aliphatic heterocycles. The Kier molecular flexibility index (Phi) is 33.7. The number of allylic oxidation sites excluding steroid dienone is 11. The Morgan fingerprint density at radius 3 is 1.80 bits per heavy atom. The fourth-order valence-electron chi connectivity index (χ4n) is 5.09. The minimum absolute atomic E-state index is 0.148. The third-order valence-corrected chi connectivity index (χ3v) is 7.99. The number of amides is 1. The van der Waals surface area contributed by atoms with Crippen LogP contribution in [0.4, 0.5) is 0 Å². The average molecular weight is 683 g/mol. The first-order valence-corrected chi connectivity index (χ1v) is 19.3. The molecule has 0 spiro atoms. The first-order valence-electron chi connectivity index (χ1n) is 19.3. The van der Waals surface area contributed by atoms with Crippen LogP contribution in [0.2, 0.25) is 0 Å². The molecule has 49 heavy (non-hydrogen) atoms. The number of nitrogens with one attached hydrogen (secondary N) is 1. The Hall–Kier alpha value is -3.19. The van der Waals surface area contributed by atoms with Gasteiger partial charge in [0.15, 0.2) is 0 Å². The molecule has 0 bridgehead atoms. The fourth-order valence-corrected chi connectivity index (χ4v) is 5.09. The molecule has 0 saturated carbocycles. The van der Waals surface area contributed by atoms with E-state index in [1.807, 2.05) is 6.08 Å². The van der Waals surface area contributed by atoms with Crippen LogP contribution in [0.25, 0.3) is 0 Å². The van der Waals surface area contributed by atoms with Gasteiger partial charge in [-0.05, 0) is 109 Å². The number of nitrogens with two attached hydrogens (primary N) is 1. The molecule has 0 saturated heterocycles. The quantitative estimate of drug-likeness (QED) is 0.0360. The second kappa shape index (κ2) is 36.1. The van der Waals surface area contributed by atoms with Crippen molar-refractivity contribution in [2.45, 2.75) is 167 Å². The highest BCUT2D eigenvalue weighted by Crippen LogP contribution is 2.14. The van der Waals surface area contributed by atoms with Crippen molar-refractivity contribution in [3.05, 3.63) is 72.9 Å². The van der Waals surface area contributed by atoms with Crippen LogP contribution in [0, 0.1) is 0 Å². The zero-order valence-corrected chi connectivity index (χ0v) is 31.0. The van der Waals surface area contributed by atoms with Gasteiger partial charge in [-0.15, -0.1) is 0 Å². The Morgan fingerprint density at radius 1 is 0.633 bits per heavy atom. The van der Waals surface area contributed by atoms with E-state index in [9.17, 15) is 19.5 Å². The molecule has 0 heterocycles. The van der Waals surface area contributed by atoms with E-state index in [4.69, 9.17) is 10.5 Å². The number of unbranched alkanes of at least 4 members (excludes halogenated alkanes) is 9. The topological polar surface area (TPSA) is 119 Å². The molecule has 278 valence electrons. The van der Waals surface area contributed by atoms with Gasteiger partial charge in [-0.3, -0.25) is 9.59 Å². The van der Waals surface area contributed by atoms with Crippen molar-refractivity contribution in [1.29, 1.82) is 0 Å². The fraction of sp³-hybridized carbons (Fsp3) is 0.643. The summed E-state index contributed by atoms with van der Waals surface area (Å²) in [5.41, 5.74) is 5.47. The van der Waals surface area contributed by atoms with Crippen LogP contribution in [0.15, 0.2) is 72.9 Å². The number of hydrogen-bond acceptors (Lipinski definition) is 5. The first-order chi connectivity index (χ1) is 23.9. The van der Waals surface area contributed by atoms with E-state index in [0.717, 1.165) is 83.5 Å². The van der Waals surface area contributed by atoms with Gasteiger partial charge >= 0.3 is 11.9 Å². The van der Waals surface area contributed by atoms with Gasteiger partial charge in [-0.2, -0.15) is 0 Å². The third-order valence-electron chi connectivity index (χ3n) is 7.99. The monoisotopic (exact) mass is 683 g/mol. The molecule has 0 radical (unpaired) electrons. The van der Waals surface area contributed by atoms with Crippen LogP contribution in [0.3, 0.4) is 0 Å². The number of aliphatic carboxylic acids is 1. The molecule has 0 aliphatic carbocycles. The Labute approximate surface area is 299 Å². The molecular formula is C42H70N2O5. The maximum atomic E-state index is 12.7. The number of carbonyl (C=O) groups excluding carboxylic acids is 2. The van der Waals surface area contributed by atoms with E-state index in [1.54, 1.807) is 0 Å².